The van der Waals surface area contributed by atoms with Crippen LogP contribution in [0.2, 0.25) is 0 Å². The first-order valence-corrected chi connectivity index (χ1v) is 15.3. The average Bonchev–Trinajstić information content (AvgIpc) is 2.99. The number of fused-ring (bicyclic) bond motifs is 4. The maximum atomic E-state index is 15.0. The van der Waals surface area contributed by atoms with Gasteiger partial charge in [0, 0.05) is 23.2 Å². The molecule has 5 fully saturated rings. The van der Waals surface area contributed by atoms with Gasteiger partial charge in [0.15, 0.2) is 11.6 Å². The highest BCUT2D eigenvalue weighted by Crippen LogP contribution is 2.80. The minimum Gasteiger partial charge on any atom is -0.319 e. The highest BCUT2D eigenvalue weighted by atomic mass is 19.4. The lowest BCUT2D eigenvalue weighted by Gasteiger charge is -2.73. The highest BCUT2D eigenvalue weighted by Gasteiger charge is 2.84. The Labute approximate surface area is 241 Å². The summed E-state index contributed by atoms with van der Waals surface area (Å²) in [4.78, 5) is 43.6. The van der Waals surface area contributed by atoms with E-state index in [0.29, 0.717) is 38.5 Å². The molecule has 1 aliphatic heterocycles. The number of Topliss-reactive ketones (excluding diaryl/α,β-unsaturated/α-hetero) is 2. The van der Waals surface area contributed by atoms with E-state index in [1.165, 1.54) is 0 Å². The second kappa shape index (κ2) is 7.85. The molecule has 0 N–H and O–H groups in total. The second-order valence-corrected chi connectivity index (χ2v) is 16.5. The first-order valence-electron chi connectivity index (χ1n) is 15.3. The first kappa shape index (κ1) is 28.9. The van der Waals surface area contributed by atoms with Crippen LogP contribution in [0, 0.1) is 61.6 Å². The zero-order chi connectivity index (χ0) is 30.4. The molecule has 8 heteroatoms. The third-order valence-electron chi connectivity index (χ3n) is 14.1. The smallest absolute Gasteiger partial charge is 0.319 e. The third-order valence-corrected chi connectivity index (χ3v) is 14.1. The van der Waals surface area contributed by atoms with Crippen molar-refractivity contribution in [2.24, 2.45) is 50.2 Å². The van der Waals surface area contributed by atoms with E-state index in [2.05, 4.69) is 33.8 Å². The van der Waals surface area contributed by atoms with Gasteiger partial charge >= 0.3 is 6.18 Å². The van der Waals surface area contributed by atoms with Crippen LogP contribution in [-0.2, 0) is 14.4 Å². The van der Waals surface area contributed by atoms with Gasteiger partial charge in [-0.2, -0.15) is 18.4 Å². The van der Waals surface area contributed by atoms with Gasteiger partial charge in [0.1, 0.15) is 18.2 Å². The number of halogens is 3. The summed E-state index contributed by atoms with van der Waals surface area (Å²) >= 11 is 0. The Bertz CT molecular complexity index is 1340. The summed E-state index contributed by atoms with van der Waals surface area (Å²) in [5.41, 5.74) is -5.44. The quantitative estimate of drug-likeness (QED) is 0.346. The van der Waals surface area contributed by atoms with Crippen LogP contribution in [0.5, 0.6) is 0 Å². The molecule has 0 radical (unpaired) electrons. The molecule has 2 bridgehead atoms. The van der Waals surface area contributed by atoms with Gasteiger partial charge in [-0.25, -0.2) is 0 Å². The predicted molar refractivity (Wildman–Crippen MR) is 146 cm³/mol. The Hall–Kier alpha value is -2.17. The number of hydrogen-bond acceptors (Lipinski definition) is 4. The van der Waals surface area contributed by atoms with E-state index in [9.17, 15) is 32.8 Å². The van der Waals surface area contributed by atoms with Crippen LogP contribution < -0.4 is 0 Å². The number of carbonyl (C=O) groups is 3. The van der Waals surface area contributed by atoms with E-state index < -0.39 is 57.2 Å². The summed E-state index contributed by atoms with van der Waals surface area (Å²) in [6, 6.07) is 2.11. The standard InChI is InChI=1S/C33H43F3N2O3/c1-26(2)10-12-31-13-11-30(7)29(6)9-8-20-27(3,4)24(40)19(17-37)15-28(20,5)21(29)14-23(39)33(30,22(31)16-26)38(25(31)41)18-32(34,35)36/h15,20-22H,8-14,16,18H2,1-7H3/t20-,21+,22?,28-,29+,30-,31?,33?/m0/s1. The zero-order valence-corrected chi connectivity index (χ0v) is 25.4. The van der Waals surface area contributed by atoms with Gasteiger partial charge in [-0.1, -0.05) is 54.5 Å². The largest absolute Gasteiger partial charge is 0.406 e. The molecule has 0 aromatic rings. The van der Waals surface area contributed by atoms with E-state index in [0.717, 1.165) is 11.3 Å². The van der Waals surface area contributed by atoms with Crippen molar-refractivity contribution in [1.29, 1.82) is 5.26 Å². The maximum Gasteiger partial charge on any atom is 0.406 e. The van der Waals surface area contributed by atoms with Crippen molar-refractivity contribution in [1.82, 2.24) is 4.90 Å². The van der Waals surface area contributed by atoms with Crippen LogP contribution >= 0.6 is 0 Å². The molecular weight excluding hydrogens is 529 g/mol. The number of likely N-dealkylation sites (tertiary alicyclic amines) is 1. The monoisotopic (exact) mass is 572 g/mol. The van der Waals surface area contributed by atoms with Crippen molar-refractivity contribution >= 4 is 17.5 Å². The number of allylic oxidation sites excluding steroid dienone is 2. The molecular formula is C33H43F3N2O3. The fourth-order valence-corrected chi connectivity index (χ4v) is 12.1. The molecule has 224 valence electrons. The Balaban J connectivity index is 1.59. The number of nitrogens with zero attached hydrogens (tertiary/aromatic N) is 2. The molecule has 1 spiro atoms. The number of carbonyl (C=O) groups excluding carboxylic acids is 3. The van der Waals surface area contributed by atoms with E-state index in [1.807, 2.05) is 20.8 Å². The highest BCUT2D eigenvalue weighted by molar-refractivity contribution is 6.05. The molecule has 3 unspecified atom stereocenters. The van der Waals surface area contributed by atoms with Gasteiger partial charge in [-0.3, -0.25) is 14.4 Å². The Morgan fingerprint density at radius 2 is 1.56 bits per heavy atom. The van der Waals surface area contributed by atoms with Crippen LogP contribution in [0.15, 0.2) is 11.6 Å². The van der Waals surface area contributed by atoms with Crippen molar-refractivity contribution in [3.8, 4) is 6.07 Å². The Morgan fingerprint density at radius 1 is 0.927 bits per heavy atom. The van der Waals surface area contributed by atoms with Crippen LogP contribution in [-0.4, -0.2) is 40.6 Å². The number of ketones is 2. The molecule has 4 saturated carbocycles. The van der Waals surface area contributed by atoms with Crippen LogP contribution in [0.25, 0.3) is 0 Å². The molecule has 0 aromatic carbocycles. The predicted octanol–water partition coefficient (Wildman–Crippen LogP) is 6.81. The van der Waals surface area contributed by atoms with Gasteiger partial charge in [0.2, 0.25) is 5.91 Å². The van der Waals surface area contributed by atoms with Gasteiger partial charge < -0.3 is 4.90 Å². The zero-order valence-electron chi connectivity index (χ0n) is 25.4. The molecule has 5 nitrogen and oxygen atoms in total. The van der Waals surface area contributed by atoms with Crippen molar-refractivity contribution < 1.29 is 27.6 Å². The minimum absolute atomic E-state index is 0.0488. The summed E-state index contributed by atoms with van der Waals surface area (Å²) in [6.07, 6.45) is 1.39. The molecule has 0 aromatic heterocycles. The lowest BCUT2D eigenvalue weighted by Crippen LogP contribution is -2.78. The molecule has 5 aliphatic carbocycles. The number of hydrogen-bond donors (Lipinski definition) is 0. The molecule has 1 heterocycles. The fourth-order valence-electron chi connectivity index (χ4n) is 12.1. The molecule has 1 amide bonds. The van der Waals surface area contributed by atoms with Crippen LogP contribution in [0.1, 0.15) is 99.8 Å². The van der Waals surface area contributed by atoms with Gasteiger partial charge in [0.25, 0.3) is 0 Å². The minimum atomic E-state index is -4.63. The molecule has 6 aliphatic rings. The summed E-state index contributed by atoms with van der Waals surface area (Å²) < 4.78 is 42.9. The van der Waals surface area contributed by atoms with Crippen LogP contribution in [0.3, 0.4) is 0 Å². The van der Waals surface area contributed by atoms with E-state index >= 15 is 0 Å². The summed E-state index contributed by atoms with van der Waals surface area (Å²) in [6.45, 7) is 12.8. The Kier molecular flexibility index (Phi) is 5.54. The maximum absolute atomic E-state index is 15.0. The lowest BCUT2D eigenvalue weighted by molar-refractivity contribution is -0.242. The van der Waals surface area contributed by atoms with Crippen molar-refractivity contribution in [2.75, 3.05) is 6.54 Å². The number of rotatable bonds is 1. The normalized spacial score (nSPS) is 47.9. The van der Waals surface area contributed by atoms with Crippen LogP contribution in [0.4, 0.5) is 13.2 Å². The SMILES string of the molecule is CC1(C)CCC23CC[C@]4(C)C(C(=O)C[C@@H]5[C@@]6(C)C=C(C#N)C(=O)C(C)(C)[C@@H]6CC[C@]54C)(C2C1)N(CC(F)(F)F)C3=O. The van der Waals surface area contributed by atoms with Gasteiger partial charge in [-0.15, -0.1) is 0 Å². The number of alkyl halides is 3. The summed E-state index contributed by atoms with van der Waals surface area (Å²) in [5.74, 6) is -1.72. The Morgan fingerprint density at radius 3 is 2.17 bits per heavy atom. The van der Waals surface area contributed by atoms with Crippen molar-refractivity contribution in [2.45, 2.75) is 112 Å². The van der Waals surface area contributed by atoms with Gasteiger partial charge in [-0.05, 0) is 73.0 Å². The summed E-state index contributed by atoms with van der Waals surface area (Å²) in [7, 11) is 0. The number of amides is 1. The molecule has 6 rings (SSSR count). The molecule has 8 atom stereocenters. The molecule has 1 saturated heterocycles. The first-order chi connectivity index (χ1) is 18.7. The fraction of sp³-hybridized carbons (Fsp3) is 0.818. The van der Waals surface area contributed by atoms with Crippen molar-refractivity contribution in [3.63, 3.8) is 0 Å². The van der Waals surface area contributed by atoms with Crippen molar-refractivity contribution in [3.05, 3.63) is 11.6 Å². The van der Waals surface area contributed by atoms with E-state index in [1.54, 1.807) is 6.08 Å². The average molecular weight is 573 g/mol. The van der Waals surface area contributed by atoms with E-state index in [-0.39, 0.29) is 40.8 Å². The topological polar surface area (TPSA) is 78.2 Å². The summed E-state index contributed by atoms with van der Waals surface area (Å²) in [5, 5.41) is 9.93. The van der Waals surface area contributed by atoms with Gasteiger partial charge in [0.05, 0.1) is 11.0 Å². The number of nitriles is 1. The van der Waals surface area contributed by atoms with E-state index in [4.69, 9.17) is 0 Å². The third kappa shape index (κ3) is 3.12. The molecule has 41 heavy (non-hydrogen) atoms. The second-order valence-electron chi connectivity index (χ2n) is 16.5. The lowest BCUT2D eigenvalue weighted by atomic mass is 9.30.